The SMILES string of the molecule is CC[NH+](CC(=O)Nc1cccc(Cl)c1Cl)Cc1cccs1. The van der Waals surface area contributed by atoms with Gasteiger partial charge in [-0.25, -0.2) is 0 Å². The van der Waals surface area contributed by atoms with E-state index in [1.807, 2.05) is 6.07 Å². The van der Waals surface area contributed by atoms with Crippen molar-refractivity contribution in [3.63, 3.8) is 0 Å². The molecule has 0 saturated heterocycles. The monoisotopic (exact) mass is 343 g/mol. The standard InChI is InChI=1S/C15H16Cl2N2OS/c1-2-19(9-11-5-4-8-21-11)10-14(20)18-13-7-3-6-12(16)15(13)17/h3-8H,2,9-10H2,1H3,(H,18,20)/p+1. The fourth-order valence-electron chi connectivity index (χ4n) is 1.99. The third-order valence-electron chi connectivity index (χ3n) is 3.14. The third kappa shape index (κ3) is 4.71. The minimum Gasteiger partial charge on any atom is -0.323 e. The first-order valence-electron chi connectivity index (χ1n) is 6.70. The van der Waals surface area contributed by atoms with Crippen LogP contribution in [0, 0.1) is 0 Å². The molecule has 2 aromatic rings. The Kier molecular flexibility index (Phi) is 6.06. The van der Waals surface area contributed by atoms with Crippen LogP contribution in [0.4, 0.5) is 5.69 Å². The Morgan fingerprint density at radius 2 is 2.10 bits per heavy atom. The average Bonchev–Trinajstić information content (AvgIpc) is 2.96. The number of rotatable bonds is 6. The van der Waals surface area contributed by atoms with Crippen molar-refractivity contribution in [2.45, 2.75) is 13.5 Å². The second-order valence-electron chi connectivity index (χ2n) is 4.69. The number of anilines is 1. The third-order valence-corrected chi connectivity index (χ3v) is 4.84. The van der Waals surface area contributed by atoms with Crippen LogP contribution < -0.4 is 10.2 Å². The summed E-state index contributed by atoms with van der Waals surface area (Å²) >= 11 is 13.7. The topological polar surface area (TPSA) is 33.5 Å². The Labute approximate surface area is 138 Å². The van der Waals surface area contributed by atoms with Crippen LogP contribution in [0.1, 0.15) is 11.8 Å². The smallest absolute Gasteiger partial charge is 0.279 e. The highest BCUT2D eigenvalue weighted by Gasteiger charge is 2.15. The van der Waals surface area contributed by atoms with Gasteiger partial charge in [0, 0.05) is 0 Å². The summed E-state index contributed by atoms with van der Waals surface area (Å²) in [4.78, 5) is 14.6. The number of hydrogen-bond acceptors (Lipinski definition) is 2. The minimum absolute atomic E-state index is 0.0624. The molecule has 2 rings (SSSR count). The van der Waals surface area contributed by atoms with E-state index in [0.29, 0.717) is 22.3 Å². The van der Waals surface area contributed by atoms with E-state index in [1.54, 1.807) is 29.5 Å². The van der Waals surface area contributed by atoms with Crippen molar-refractivity contribution >= 4 is 46.1 Å². The summed E-state index contributed by atoms with van der Waals surface area (Å²) < 4.78 is 0. The van der Waals surface area contributed by atoms with Crippen LogP contribution in [0.3, 0.4) is 0 Å². The number of carbonyl (C=O) groups excluding carboxylic acids is 1. The van der Waals surface area contributed by atoms with Crippen molar-refractivity contribution in [3.05, 3.63) is 50.6 Å². The van der Waals surface area contributed by atoms with Gasteiger partial charge in [-0.1, -0.05) is 35.3 Å². The van der Waals surface area contributed by atoms with E-state index in [2.05, 4.69) is 23.7 Å². The molecule has 0 radical (unpaired) electrons. The quantitative estimate of drug-likeness (QED) is 0.830. The van der Waals surface area contributed by atoms with E-state index < -0.39 is 0 Å². The lowest BCUT2D eigenvalue weighted by Crippen LogP contribution is -3.11. The largest absolute Gasteiger partial charge is 0.323 e. The second kappa shape index (κ2) is 7.80. The van der Waals surface area contributed by atoms with Gasteiger partial charge in [0.25, 0.3) is 5.91 Å². The maximum absolute atomic E-state index is 12.1. The van der Waals surface area contributed by atoms with Crippen molar-refractivity contribution < 1.29 is 9.69 Å². The second-order valence-corrected chi connectivity index (χ2v) is 6.50. The van der Waals surface area contributed by atoms with Crippen molar-refractivity contribution in [1.29, 1.82) is 0 Å². The molecule has 112 valence electrons. The van der Waals surface area contributed by atoms with Gasteiger partial charge in [-0.2, -0.15) is 0 Å². The first-order valence-corrected chi connectivity index (χ1v) is 8.33. The molecule has 0 aliphatic carbocycles. The van der Waals surface area contributed by atoms with Gasteiger partial charge in [-0.3, -0.25) is 4.79 Å². The molecule has 1 aromatic heterocycles. The van der Waals surface area contributed by atoms with Gasteiger partial charge in [0.2, 0.25) is 0 Å². The number of thiophene rings is 1. The maximum Gasteiger partial charge on any atom is 0.279 e. The lowest BCUT2D eigenvalue weighted by atomic mass is 10.3. The molecule has 0 spiro atoms. The molecule has 0 aliphatic heterocycles. The van der Waals surface area contributed by atoms with Crippen LogP contribution in [0.5, 0.6) is 0 Å². The van der Waals surface area contributed by atoms with Crippen LogP contribution in [0.2, 0.25) is 10.0 Å². The zero-order chi connectivity index (χ0) is 15.2. The Balaban J connectivity index is 1.95. The van der Waals surface area contributed by atoms with Crippen LogP contribution in [-0.4, -0.2) is 19.0 Å². The molecule has 21 heavy (non-hydrogen) atoms. The summed E-state index contributed by atoms with van der Waals surface area (Å²) in [6.07, 6.45) is 0. The maximum atomic E-state index is 12.1. The molecule has 0 saturated carbocycles. The minimum atomic E-state index is -0.0624. The Morgan fingerprint density at radius 1 is 1.29 bits per heavy atom. The number of carbonyl (C=O) groups is 1. The van der Waals surface area contributed by atoms with E-state index >= 15 is 0 Å². The lowest BCUT2D eigenvalue weighted by Gasteiger charge is -2.16. The van der Waals surface area contributed by atoms with Gasteiger partial charge in [0.15, 0.2) is 6.54 Å². The molecule has 1 atom stereocenters. The van der Waals surface area contributed by atoms with E-state index in [4.69, 9.17) is 23.2 Å². The molecular formula is C15H17Cl2N2OS+. The zero-order valence-corrected chi connectivity index (χ0v) is 14.0. The van der Waals surface area contributed by atoms with Crippen LogP contribution in [0.15, 0.2) is 35.7 Å². The average molecular weight is 344 g/mol. The highest BCUT2D eigenvalue weighted by molar-refractivity contribution is 7.09. The highest BCUT2D eigenvalue weighted by Crippen LogP contribution is 2.29. The molecule has 0 aliphatic rings. The van der Waals surface area contributed by atoms with E-state index in [1.165, 1.54) is 9.78 Å². The number of halogens is 2. The Hall–Kier alpha value is -1.07. The summed E-state index contributed by atoms with van der Waals surface area (Å²) in [5.74, 6) is -0.0624. The van der Waals surface area contributed by atoms with E-state index in [0.717, 1.165) is 13.1 Å². The van der Waals surface area contributed by atoms with Gasteiger partial charge in [0.1, 0.15) is 6.54 Å². The molecule has 1 unspecified atom stereocenters. The Bertz CT molecular complexity index is 602. The van der Waals surface area contributed by atoms with E-state index in [-0.39, 0.29) is 5.91 Å². The van der Waals surface area contributed by atoms with Gasteiger partial charge in [-0.05, 0) is 30.5 Å². The number of nitrogens with one attached hydrogen (secondary N) is 2. The molecule has 6 heteroatoms. The van der Waals surface area contributed by atoms with Crippen molar-refractivity contribution in [3.8, 4) is 0 Å². The van der Waals surface area contributed by atoms with Crippen molar-refractivity contribution in [1.82, 2.24) is 0 Å². The fraction of sp³-hybridized carbons (Fsp3) is 0.267. The lowest BCUT2D eigenvalue weighted by molar-refractivity contribution is -0.903. The number of likely N-dealkylation sites (N-methyl/N-ethyl adjacent to an activating group) is 1. The number of benzene rings is 1. The van der Waals surface area contributed by atoms with Gasteiger partial charge >= 0.3 is 0 Å². The fourth-order valence-corrected chi connectivity index (χ4v) is 3.12. The van der Waals surface area contributed by atoms with Gasteiger partial charge in [0.05, 0.1) is 27.2 Å². The summed E-state index contributed by atoms with van der Waals surface area (Å²) in [6.45, 7) is 4.21. The van der Waals surface area contributed by atoms with Crippen LogP contribution in [-0.2, 0) is 11.3 Å². The van der Waals surface area contributed by atoms with Gasteiger partial charge < -0.3 is 10.2 Å². The predicted molar refractivity (Wildman–Crippen MR) is 89.5 cm³/mol. The van der Waals surface area contributed by atoms with Crippen molar-refractivity contribution in [2.24, 2.45) is 0 Å². The Morgan fingerprint density at radius 3 is 2.76 bits per heavy atom. The summed E-state index contributed by atoms with van der Waals surface area (Å²) in [7, 11) is 0. The van der Waals surface area contributed by atoms with Crippen LogP contribution in [0.25, 0.3) is 0 Å². The molecule has 3 nitrogen and oxygen atoms in total. The molecule has 0 bridgehead atoms. The summed E-state index contributed by atoms with van der Waals surface area (Å²) in [5, 5.41) is 5.69. The predicted octanol–water partition coefficient (Wildman–Crippen LogP) is 3.10. The molecule has 1 heterocycles. The molecule has 0 fully saturated rings. The number of amides is 1. The van der Waals surface area contributed by atoms with Crippen LogP contribution >= 0.6 is 34.5 Å². The van der Waals surface area contributed by atoms with Gasteiger partial charge in [-0.15, -0.1) is 11.3 Å². The first kappa shape index (κ1) is 16.3. The summed E-state index contributed by atoms with van der Waals surface area (Å²) in [6, 6.07) is 9.32. The zero-order valence-electron chi connectivity index (χ0n) is 11.7. The first-order chi connectivity index (χ1) is 10.1. The molecule has 2 N–H and O–H groups in total. The van der Waals surface area contributed by atoms with Crippen molar-refractivity contribution in [2.75, 3.05) is 18.4 Å². The highest BCUT2D eigenvalue weighted by atomic mass is 35.5. The molecule has 1 aromatic carbocycles. The normalized spacial score (nSPS) is 12.1. The van der Waals surface area contributed by atoms with E-state index in [9.17, 15) is 4.79 Å². The molecular weight excluding hydrogens is 327 g/mol. The number of quaternary nitrogens is 1. The summed E-state index contributed by atoms with van der Waals surface area (Å²) in [5.41, 5.74) is 0.556. The number of hydrogen-bond donors (Lipinski definition) is 2. The molecule has 1 amide bonds.